The fourth-order valence-corrected chi connectivity index (χ4v) is 2.75. The summed E-state index contributed by atoms with van der Waals surface area (Å²) in [6, 6.07) is -1.04. The number of halogens is 2. The van der Waals surface area contributed by atoms with Gasteiger partial charge < -0.3 is 9.64 Å². The molecule has 0 aromatic carbocycles. The topological polar surface area (TPSA) is 46.6 Å². The summed E-state index contributed by atoms with van der Waals surface area (Å²) in [5, 5.41) is 0. The predicted molar refractivity (Wildman–Crippen MR) is 64.1 cm³/mol. The first-order valence-corrected chi connectivity index (χ1v) is 6.52. The minimum atomic E-state index is -3.32. The third-order valence-corrected chi connectivity index (χ3v) is 3.55. The summed E-state index contributed by atoms with van der Waals surface area (Å²) >= 11 is 0. The van der Waals surface area contributed by atoms with E-state index in [1.165, 1.54) is 4.90 Å². The number of amides is 1. The van der Waals surface area contributed by atoms with Crippen molar-refractivity contribution in [3.8, 4) is 0 Å². The van der Waals surface area contributed by atoms with Gasteiger partial charge in [0.05, 0.1) is 0 Å². The van der Waals surface area contributed by atoms with Crippen LogP contribution in [0.4, 0.5) is 13.6 Å². The summed E-state index contributed by atoms with van der Waals surface area (Å²) in [5.74, 6) is -4.38. The lowest BCUT2D eigenvalue weighted by Gasteiger charge is -2.30. The van der Waals surface area contributed by atoms with Gasteiger partial charge in [0.25, 0.3) is 0 Å². The molecule has 2 unspecified atom stereocenters. The summed E-state index contributed by atoms with van der Waals surface area (Å²) in [6.45, 7) is 5.18. The minimum absolute atomic E-state index is 0.275. The smallest absolute Gasteiger partial charge is 0.410 e. The second-order valence-corrected chi connectivity index (χ2v) is 6.31. The van der Waals surface area contributed by atoms with Crippen molar-refractivity contribution >= 4 is 11.9 Å². The molecule has 2 aliphatic heterocycles. The number of nitrogens with zero attached hydrogens (tertiary/aromatic N) is 1. The molecule has 0 aromatic rings. The Morgan fingerprint density at radius 3 is 2.47 bits per heavy atom. The Labute approximate surface area is 111 Å². The molecule has 0 radical (unpaired) electrons. The summed E-state index contributed by atoms with van der Waals surface area (Å²) in [7, 11) is 0. The van der Waals surface area contributed by atoms with Crippen LogP contribution in [0.2, 0.25) is 0 Å². The van der Waals surface area contributed by atoms with Gasteiger partial charge in [0.15, 0.2) is 0 Å². The van der Waals surface area contributed by atoms with Gasteiger partial charge in [0.1, 0.15) is 5.60 Å². The third kappa shape index (κ3) is 2.87. The van der Waals surface area contributed by atoms with Gasteiger partial charge in [-0.15, -0.1) is 0 Å². The van der Waals surface area contributed by atoms with Gasteiger partial charge in [-0.25, -0.2) is 4.79 Å². The molecule has 2 heterocycles. The zero-order chi connectivity index (χ0) is 14.4. The molecule has 2 fully saturated rings. The Morgan fingerprint density at radius 1 is 1.32 bits per heavy atom. The summed E-state index contributed by atoms with van der Waals surface area (Å²) < 4.78 is 32.4. The van der Waals surface area contributed by atoms with E-state index in [4.69, 9.17) is 4.74 Å². The van der Waals surface area contributed by atoms with Crippen LogP contribution in [0.15, 0.2) is 0 Å². The maximum absolute atomic E-state index is 13.6. The number of Topliss-reactive ketones (excluding diaryl/α,β-unsaturated/α-hetero) is 1. The van der Waals surface area contributed by atoms with Gasteiger partial charge in [0, 0.05) is 24.9 Å². The van der Waals surface area contributed by atoms with Gasteiger partial charge in [-0.05, 0) is 33.6 Å². The number of hydrogen-bond acceptors (Lipinski definition) is 3. The molecule has 108 valence electrons. The number of ether oxygens (including phenoxy) is 1. The van der Waals surface area contributed by atoms with E-state index < -0.39 is 41.9 Å². The van der Waals surface area contributed by atoms with Crippen molar-refractivity contribution in [1.82, 2.24) is 4.90 Å². The van der Waals surface area contributed by atoms with E-state index >= 15 is 0 Å². The fourth-order valence-electron chi connectivity index (χ4n) is 2.75. The molecule has 0 saturated carbocycles. The number of carbonyl (C=O) groups excluding carboxylic acids is 2. The van der Waals surface area contributed by atoms with Crippen LogP contribution in [0.3, 0.4) is 0 Å². The van der Waals surface area contributed by atoms with Gasteiger partial charge in [-0.2, -0.15) is 8.78 Å². The van der Waals surface area contributed by atoms with E-state index in [0.717, 1.165) is 0 Å². The average Bonchev–Trinajstić information content (AvgIpc) is 2.52. The summed E-state index contributed by atoms with van der Waals surface area (Å²) in [5.41, 5.74) is -0.671. The van der Waals surface area contributed by atoms with Gasteiger partial charge in [-0.3, -0.25) is 4.79 Å². The zero-order valence-corrected chi connectivity index (χ0v) is 11.4. The Bertz CT molecular complexity index is 403. The lowest BCUT2D eigenvalue weighted by atomic mass is 9.97. The first kappa shape index (κ1) is 14.2. The van der Waals surface area contributed by atoms with Crippen molar-refractivity contribution < 1.29 is 23.1 Å². The first-order chi connectivity index (χ1) is 8.60. The first-order valence-electron chi connectivity index (χ1n) is 6.52. The molecule has 2 bridgehead atoms. The monoisotopic (exact) mass is 275 g/mol. The second-order valence-electron chi connectivity index (χ2n) is 6.31. The van der Waals surface area contributed by atoms with E-state index in [1.807, 2.05) is 0 Å². The maximum atomic E-state index is 13.6. The van der Waals surface area contributed by atoms with Crippen molar-refractivity contribution in [2.24, 2.45) is 0 Å². The molecule has 6 heteroatoms. The maximum Gasteiger partial charge on any atom is 0.410 e. The quantitative estimate of drug-likeness (QED) is 0.683. The lowest BCUT2D eigenvalue weighted by Crippen LogP contribution is -2.43. The Balaban J connectivity index is 2.18. The van der Waals surface area contributed by atoms with Crippen molar-refractivity contribution in [3.05, 3.63) is 0 Å². The highest BCUT2D eigenvalue weighted by Gasteiger charge is 2.52. The van der Waals surface area contributed by atoms with Crippen molar-refractivity contribution in [2.75, 3.05) is 0 Å². The van der Waals surface area contributed by atoms with Crippen molar-refractivity contribution in [3.63, 3.8) is 0 Å². The largest absolute Gasteiger partial charge is 0.444 e. The normalized spacial score (nSPS) is 30.2. The molecule has 1 amide bonds. The van der Waals surface area contributed by atoms with Crippen LogP contribution in [-0.2, 0) is 9.53 Å². The van der Waals surface area contributed by atoms with Crippen LogP contribution in [0.1, 0.15) is 46.5 Å². The Kier molecular flexibility index (Phi) is 3.31. The molecule has 2 aliphatic rings. The summed E-state index contributed by atoms with van der Waals surface area (Å²) in [4.78, 5) is 24.9. The number of fused-ring (bicyclic) bond motifs is 2. The van der Waals surface area contributed by atoms with Crippen LogP contribution in [-0.4, -0.2) is 40.4 Å². The highest BCUT2D eigenvalue weighted by Crippen LogP contribution is 2.40. The molecule has 0 aliphatic carbocycles. The van der Waals surface area contributed by atoms with E-state index in [2.05, 4.69) is 0 Å². The molecule has 2 saturated heterocycles. The van der Waals surface area contributed by atoms with Crippen LogP contribution >= 0.6 is 0 Å². The van der Waals surface area contributed by atoms with Crippen LogP contribution in [0, 0.1) is 0 Å². The van der Waals surface area contributed by atoms with Crippen molar-refractivity contribution in [1.29, 1.82) is 0 Å². The highest BCUT2D eigenvalue weighted by molar-refractivity contribution is 5.87. The van der Waals surface area contributed by atoms with E-state index in [9.17, 15) is 18.4 Å². The molecule has 2 rings (SSSR count). The highest BCUT2D eigenvalue weighted by atomic mass is 19.3. The molecular weight excluding hydrogens is 256 g/mol. The van der Waals surface area contributed by atoms with Crippen LogP contribution in [0.25, 0.3) is 0 Å². The number of carbonyl (C=O) groups is 2. The number of rotatable bonds is 0. The second kappa shape index (κ2) is 4.42. The van der Waals surface area contributed by atoms with E-state index in [0.29, 0.717) is 12.8 Å². The number of alkyl halides is 2. The minimum Gasteiger partial charge on any atom is -0.444 e. The Hall–Kier alpha value is -1.20. The number of ketones is 1. The van der Waals surface area contributed by atoms with Crippen LogP contribution < -0.4 is 0 Å². The molecule has 19 heavy (non-hydrogen) atoms. The number of hydrogen-bond donors (Lipinski definition) is 0. The zero-order valence-electron chi connectivity index (χ0n) is 11.4. The molecule has 0 N–H and O–H groups in total. The van der Waals surface area contributed by atoms with Gasteiger partial charge in [0.2, 0.25) is 5.78 Å². The molecule has 4 nitrogen and oxygen atoms in total. The van der Waals surface area contributed by atoms with Crippen LogP contribution in [0.5, 0.6) is 0 Å². The molecule has 2 atom stereocenters. The van der Waals surface area contributed by atoms with Crippen molar-refractivity contribution in [2.45, 2.75) is 70.1 Å². The Morgan fingerprint density at radius 2 is 1.89 bits per heavy atom. The van der Waals surface area contributed by atoms with E-state index in [-0.39, 0.29) is 6.42 Å². The van der Waals surface area contributed by atoms with Gasteiger partial charge >= 0.3 is 12.0 Å². The fraction of sp³-hybridized carbons (Fsp3) is 0.846. The standard InChI is InChI=1S/C13H19F2NO3/c1-12(2,3)19-11(18)16-8-4-5-9(16)7-13(14,15)10(17)6-8/h8-9H,4-7H2,1-3H3. The molecule has 0 aromatic heterocycles. The van der Waals surface area contributed by atoms with E-state index in [1.54, 1.807) is 20.8 Å². The molecule has 0 spiro atoms. The van der Waals surface area contributed by atoms with Gasteiger partial charge in [-0.1, -0.05) is 0 Å². The summed E-state index contributed by atoms with van der Waals surface area (Å²) in [6.07, 6.45) is -0.353. The third-order valence-electron chi connectivity index (χ3n) is 3.55. The lowest BCUT2D eigenvalue weighted by molar-refractivity contribution is -0.144. The SMILES string of the molecule is CC(C)(C)OC(=O)N1C2CCC1CC(F)(F)C(=O)C2. The average molecular weight is 275 g/mol. The molecular formula is C13H19F2NO3. The predicted octanol–water partition coefficient (Wildman–Crippen LogP) is 2.75.